The van der Waals surface area contributed by atoms with Gasteiger partial charge in [0.2, 0.25) is 5.95 Å². The summed E-state index contributed by atoms with van der Waals surface area (Å²) in [6.45, 7) is 2.66. The fraction of sp³-hybridized carbons (Fsp3) is 0.714. The molecule has 0 unspecified atom stereocenters. The lowest BCUT2D eigenvalue weighted by molar-refractivity contribution is 0.410. The summed E-state index contributed by atoms with van der Waals surface area (Å²) in [5, 5.41) is 0. The van der Waals surface area contributed by atoms with E-state index >= 15 is 0 Å². The van der Waals surface area contributed by atoms with Crippen LogP contribution in [-0.4, -0.2) is 29.6 Å². The summed E-state index contributed by atoms with van der Waals surface area (Å²) in [4.78, 5) is 22.0. The molecule has 19 heavy (non-hydrogen) atoms. The Morgan fingerprint density at radius 1 is 1.26 bits per heavy atom. The first-order valence-electron chi connectivity index (χ1n) is 7.35. The minimum absolute atomic E-state index is 0.0700. The van der Waals surface area contributed by atoms with Gasteiger partial charge in [-0.15, -0.1) is 0 Å². The van der Waals surface area contributed by atoms with Crippen LogP contribution in [0.3, 0.4) is 0 Å². The van der Waals surface area contributed by atoms with Crippen molar-refractivity contribution < 1.29 is 0 Å². The number of piperidine rings is 1. The van der Waals surface area contributed by atoms with Crippen molar-refractivity contribution in [3.05, 3.63) is 21.6 Å². The summed E-state index contributed by atoms with van der Waals surface area (Å²) in [5.74, 6) is 1.39. The molecule has 1 aromatic heterocycles. The molecule has 0 atom stereocenters. The molecule has 1 fully saturated rings. The molecule has 0 bridgehead atoms. The first-order chi connectivity index (χ1) is 9.28. The van der Waals surface area contributed by atoms with Crippen LogP contribution < -0.4 is 16.2 Å². The van der Waals surface area contributed by atoms with Gasteiger partial charge in [-0.25, -0.2) is 4.98 Å². The minimum Gasteiger partial charge on any atom is -0.342 e. The molecule has 0 aromatic carbocycles. The Kier molecular flexibility index (Phi) is 3.55. The van der Waals surface area contributed by atoms with Crippen LogP contribution in [-0.2, 0) is 12.8 Å². The molecule has 0 saturated carbocycles. The van der Waals surface area contributed by atoms with Crippen molar-refractivity contribution in [3.63, 3.8) is 0 Å². The average Bonchev–Trinajstić information content (AvgIpc) is 2.47. The maximum absolute atomic E-state index is 12.1. The van der Waals surface area contributed by atoms with E-state index in [-0.39, 0.29) is 5.56 Å². The van der Waals surface area contributed by atoms with Crippen LogP contribution in [0.1, 0.15) is 36.9 Å². The Morgan fingerprint density at radius 2 is 2.00 bits per heavy atom. The Balaban J connectivity index is 1.82. The van der Waals surface area contributed by atoms with Gasteiger partial charge in [0.25, 0.3) is 5.56 Å². The SMILES string of the molecule is NCC1CCN(c2nc3c(c(=O)[nH]2)CCCC3)CC1. The lowest BCUT2D eigenvalue weighted by Gasteiger charge is -2.32. The van der Waals surface area contributed by atoms with E-state index < -0.39 is 0 Å². The topological polar surface area (TPSA) is 75.0 Å². The van der Waals surface area contributed by atoms with Crippen LogP contribution >= 0.6 is 0 Å². The highest BCUT2D eigenvalue weighted by Crippen LogP contribution is 2.22. The minimum atomic E-state index is 0.0700. The Bertz CT molecular complexity index is 503. The molecule has 3 rings (SSSR count). The molecule has 1 aromatic rings. The number of H-pyrrole nitrogens is 1. The third-order valence-corrected chi connectivity index (χ3v) is 4.43. The number of hydrogen-bond donors (Lipinski definition) is 2. The zero-order valence-electron chi connectivity index (χ0n) is 11.3. The smallest absolute Gasteiger partial charge is 0.255 e. The second kappa shape index (κ2) is 5.33. The van der Waals surface area contributed by atoms with Gasteiger partial charge in [0.05, 0.1) is 5.69 Å². The van der Waals surface area contributed by atoms with Crippen LogP contribution in [0.15, 0.2) is 4.79 Å². The summed E-state index contributed by atoms with van der Waals surface area (Å²) in [6.07, 6.45) is 6.28. The molecule has 1 saturated heterocycles. The Labute approximate surface area is 113 Å². The number of anilines is 1. The number of fused-ring (bicyclic) bond motifs is 1. The van der Waals surface area contributed by atoms with Gasteiger partial charge in [-0.3, -0.25) is 9.78 Å². The molecular weight excluding hydrogens is 240 g/mol. The van der Waals surface area contributed by atoms with E-state index in [1.165, 1.54) is 0 Å². The van der Waals surface area contributed by atoms with E-state index in [0.29, 0.717) is 5.92 Å². The predicted octanol–water partition coefficient (Wildman–Crippen LogP) is 0.824. The number of hydrogen-bond acceptors (Lipinski definition) is 4. The van der Waals surface area contributed by atoms with Gasteiger partial charge < -0.3 is 10.6 Å². The first-order valence-corrected chi connectivity index (χ1v) is 7.35. The number of aromatic nitrogens is 2. The molecule has 1 aliphatic carbocycles. The summed E-state index contributed by atoms with van der Waals surface area (Å²) >= 11 is 0. The van der Waals surface area contributed by atoms with Crippen LogP contribution in [0.25, 0.3) is 0 Å². The summed E-state index contributed by atoms with van der Waals surface area (Å²) in [5.41, 5.74) is 7.71. The van der Waals surface area contributed by atoms with Crippen molar-refractivity contribution >= 4 is 5.95 Å². The zero-order valence-corrected chi connectivity index (χ0v) is 11.3. The Morgan fingerprint density at radius 3 is 2.74 bits per heavy atom. The van der Waals surface area contributed by atoms with E-state index in [4.69, 9.17) is 5.73 Å². The van der Waals surface area contributed by atoms with Crippen molar-refractivity contribution in [1.29, 1.82) is 0 Å². The van der Waals surface area contributed by atoms with Gasteiger partial charge in [0.1, 0.15) is 0 Å². The van der Waals surface area contributed by atoms with Crippen LogP contribution in [0, 0.1) is 5.92 Å². The summed E-state index contributed by atoms with van der Waals surface area (Å²) in [7, 11) is 0. The average molecular weight is 262 g/mol. The molecule has 1 aliphatic heterocycles. The van der Waals surface area contributed by atoms with Crippen molar-refractivity contribution in [2.24, 2.45) is 11.7 Å². The van der Waals surface area contributed by atoms with Crippen LogP contribution in [0.2, 0.25) is 0 Å². The molecule has 2 heterocycles. The molecule has 104 valence electrons. The van der Waals surface area contributed by atoms with Gasteiger partial charge in [-0.1, -0.05) is 0 Å². The van der Waals surface area contributed by atoms with E-state index in [2.05, 4.69) is 14.9 Å². The molecule has 5 heteroatoms. The molecule has 3 N–H and O–H groups in total. The molecule has 2 aliphatic rings. The van der Waals surface area contributed by atoms with Gasteiger partial charge in [-0.2, -0.15) is 0 Å². The van der Waals surface area contributed by atoms with E-state index in [1.807, 2.05) is 0 Å². The number of aromatic amines is 1. The number of nitrogens with zero attached hydrogens (tertiary/aromatic N) is 2. The number of rotatable bonds is 2. The van der Waals surface area contributed by atoms with Crippen molar-refractivity contribution in [2.45, 2.75) is 38.5 Å². The number of nitrogens with one attached hydrogen (secondary N) is 1. The van der Waals surface area contributed by atoms with Gasteiger partial charge in [0.15, 0.2) is 0 Å². The standard InChI is InChI=1S/C14H22N4O/c15-9-10-5-7-18(8-6-10)14-16-12-4-2-1-3-11(12)13(19)17-14/h10H,1-9,15H2,(H,16,17,19). The third-order valence-electron chi connectivity index (χ3n) is 4.43. The molecule has 5 nitrogen and oxygen atoms in total. The normalized spacial score (nSPS) is 20.4. The highest BCUT2D eigenvalue weighted by molar-refractivity contribution is 5.34. The third kappa shape index (κ3) is 2.52. The molecule has 0 radical (unpaired) electrons. The summed E-state index contributed by atoms with van der Waals surface area (Å²) < 4.78 is 0. The van der Waals surface area contributed by atoms with Crippen LogP contribution in [0.5, 0.6) is 0 Å². The summed E-state index contributed by atoms with van der Waals surface area (Å²) in [6, 6.07) is 0. The molecular formula is C14H22N4O. The van der Waals surface area contributed by atoms with Gasteiger partial charge in [0, 0.05) is 18.7 Å². The van der Waals surface area contributed by atoms with Crippen molar-refractivity contribution in [1.82, 2.24) is 9.97 Å². The number of aryl methyl sites for hydroxylation is 1. The second-order valence-electron chi connectivity index (χ2n) is 5.69. The predicted molar refractivity (Wildman–Crippen MR) is 75.5 cm³/mol. The van der Waals surface area contributed by atoms with Crippen molar-refractivity contribution in [3.8, 4) is 0 Å². The van der Waals surface area contributed by atoms with E-state index in [9.17, 15) is 4.79 Å². The highest BCUT2D eigenvalue weighted by atomic mass is 16.1. The Hall–Kier alpha value is -1.36. The maximum atomic E-state index is 12.1. The van der Waals surface area contributed by atoms with Crippen LogP contribution in [0.4, 0.5) is 5.95 Å². The monoisotopic (exact) mass is 262 g/mol. The first kappa shape index (κ1) is 12.7. The molecule has 0 spiro atoms. The largest absolute Gasteiger partial charge is 0.342 e. The van der Waals surface area contributed by atoms with E-state index in [1.54, 1.807) is 0 Å². The van der Waals surface area contributed by atoms with Gasteiger partial charge in [-0.05, 0) is 51.0 Å². The second-order valence-corrected chi connectivity index (χ2v) is 5.69. The maximum Gasteiger partial charge on any atom is 0.255 e. The highest BCUT2D eigenvalue weighted by Gasteiger charge is 2.22. The number of nitrogens with two attached hydrogens (primary N) is 1. The van der Waals surface area contributed by atoms with Crippen molar-refractivity contribution in [2.75, 3.05) is 24.5 Å². The fourth-order valence-corrected chi connectivity index (χ4v) is 3.12. The van der Waals surface area contributed by atoms with E-state index in [0.717, 1.165) is 75.4 Å². The zero-order chi connectivity index (χ0) is 13.2. The lowest BCUT2D eigenvalue weighted by Crippen LogP contribution is -2.38. The fourth-order valence-electron chi connectivity index (χ4n) is 3.12. The van der Waals surface area contributed by atoms with Gasteiger partial charge >= 0.3 is 0 Å². The lowest BCUT2D eigenvalue weighted by atomic mass is 9.96. The quantitative estimate of drug-likeness (QED) is 0.827. The molecule has 0 amide bonds.